The molecule has 2 aromatic carbocycles. The van der Waals surface area contributed by atoms with Gasteiger partial charge in [0.05, 0.1) is 13.1 Å². The van der Waals surface area contributed by atoms with Gasteiger partial charge in [0.15, 0.2) is 11.4 Å². The maximum Gasteiger partial charge on any atom is 0.196 e. The summed E-state index contributed by atoms with van der Waals surface area (Å²) in [5, 5.41) is 4.41. The Bertz CT molecular complexity index is 1060. The first-order valence-corrected chi connectivity index (χ1v) is 9.07. The van der Waals surface area contributed by atoms with Crippen LogP contribution in [-0.2, 0) is 0 Å². The van der Waals surface area contributed by atoms with Crippen molar-refractivity contribution in [3.63, 3.8) is 0 Å². The van der Waals surface area contributed by atoms with Crippen molar-refractivity contribution in [3.05, 3.63) is 54.4 Å². The number of benzene rings is 2. The van der Waals surface area contributed by atoms with Crippen molar-refractivity contribution in [1.29, 1.82) is 0 Å². The van der Waals surface area contributed by atoms with Crippen LogP contribution >= 0.6 is 0 Å². The van der Waals surface area contributed by atoms with Crippen molar-refractivity contribution < 1.29 is 21.7 Å². The number of fused-ring (bicyclic) bond motifs is 3. The van der Waals surface area contributed by atoms with Gasteiger partial charge in [-0.3, -0.25) is 0 Å². The quantitative estimate of drug-likeness (QED) is 0.540. The number of hydrogen-bond acceptors (Lipinski definition) is 4. The minimum atomic E-state index is 0. The van der Waals surface area contributed by atoms with Gasteiger partial charge in [0.25, 0.3) is 0 Å². The lowest BCUT2D eigenvalue weighted by Gasteiger charge is -2.15. The van der Waals surface area contributed by atoms with E-state index in [9.17, 15) is 0 Å². The van der Waals surface area contributed by atoms with E-state index in [1.165, 1.54) is 10.6 Å². The molecule has 0 saturated carbocycles. The smallest absolute Gasteiger partial charge is 0.196 e. The predicted octanol–water partition coefficient (Wildman–Crippen LogP) is 0.988. The molecule has 0 aliphatic carbocycles. The fourth-order valence-corrected chi connectivity index (χ4v) is 3.37. The molecule has 0 aliphatic rings. The maximum absolute atomic E-state index is 6.02. The first-order chi connectivity index (χ1) is 12.7. The van der Waals surface area contributed by atoms with Crippen LogP contribution in [0.1, 0.15) is 19.7 Å². The molecule has 0 atom stereocenters. The van der Waals surface area contributed by atoms with Crippen molar-refractivity contribution >= 4 is 39.3 Å². The van der Waals surface area contributed by atoms with Crippen LogP contribution in [0, 0.1) is 6.92 Å². The molecule has 0 fully saturated rings. The molecule has 4 aromatic rings. The molecule has 2 aromatic heterocycles. The van der Waals surface area contributed by atoms with E-state index in [4.69, 9.17) is 4.42 Å². The number of hydrogen-bond donors (Lipinski definition) is 2. The van der Waals surface area contributed by atoms with Crippen LogP contribution in [0.25, 0.3) is 22.1 Å². The van der Waals surface area contributed by atoms with E-state index in [-0.39, 0.29) is 12.4 Å². The Morgan fingerprint density at radius 2 is 1.67 bits per heavy atom. The lowest BCUT2D eigenvalue weighted by molar-refractivity contribution is -0.828. The maximum atomic E-state index is 6.02. The van der Waals surface area contributed by atoms with E-state index in [2.05, 4.69) is 53.4 Å². The monoisotopic (exact) mass is 382 g/mol. The zero-order chi connectivity index (χ0) is 18.1. The number of aryl methyl sites for hydroxylation is 1. The van der Waals surface area contributed by atoms with Crippen LogP contribution in [0.4, 0.5) is 17.2 Å². The number of aromatic nitrogens is 2. The largest absolute Gasteiger partial charge is 1.00 e. The Balaban J connectivity index is 0.00000210. The van der Waals surface area contributed by atoms with Crippen LogP contribution in [0.15, 0.2) is 52.9 Å². The molecule has 2 N–H and O–H groups in total. The highest BCUT2D eigenvalue weighted by atomic mass is 35.5. The van der Waals surface area contributed by atoms with E-state index >= 15 is 0 Å². The minimum Gasteiger partial charge on any atom is -1.00 e. The second kappa shape index (κ2) is 7.94. The first-order valence-electron chi connectivity index (χ1n) is 9.07. The van der Waals surface area contributed by atoms with E-state index in [0.29, 0.717) is 11.4 Å². The van der Waals surface area contributed by atoms with Crippen molar-refractivity contribution in [2.24, 2.45) is 0 Å². The number of rotatable bonds is 5. The van der Waals surface area contributed by atoms with Crippen molar-refractivity contribution in [3.8, 4) is 0 Å². The fraction of sp³-hybridized carbons (Fsp3) is 0.238. The molecule has 5 nitrogen and oxygen atoms in total. The highest BCUT2D eigenvalue weighted by Crippen LogP contribution is 2.32. The van der Waals surface area contributed by atoms with Crippen LogP contribution in [0.3, 0.4) is 0 Å². The molecule has 0 spiro atoms. The highest BCUT2D eigenvalue weighted by molar-refractivity contribution is 6.06. The van der Waals surface area contributed by atoms with Gasteiger partial charge in [-0.15, -0.1) is 0 Å². The molecule has 0 aliphatic heterocycles. The Labute approximate surface area is 164 Å². The fourth-order valence-electron chi connectivity index (χ4n) is 3.37. The highest BCUT2D eigenvalue weighted by Gasteiger charge is 2.15. The Kier molecular flexibility index (Phi) is 5.63. The van der Waals surface area contributed by atoms with Crippen LogP contribution in [0.2, 0.25) is 0 Å². The predicted molar refractivity (Wildman–Crippen MR) is 105 cm³/mol. The number of nitrogens with one attached hydrogen (secondary N) is 2. The van der Waals surface area contributed by atoms with Gasteiger partial charge in [0.2, 0.25) is 0 Å². The summed E-state index contributed by atoms with van der Waals surface area (Å²) in [7, 11) is 0. The van der Waals surface area contributed by atoms with Gasteiger partial charge < -0.3 is 27.0 Å². The number of para-hydroxylation sites is 1. The zero-order valence-corrected chi connectivity index (χ0v) is 16.5. The molecule has 6 heteroatoms. The lowest BCUT2D eigenvalue weighted by Crippen LogP contribution is -3.06. The molecule has 4 rings (SSSR count). The number of anilines is 2. The lowest BCUT2D eigenvalue weighted by atomic mass is 10.2. The van der Waals surface area contributed by atoms with Crippen LogP contribution in [0.5, 0.6) is 0 Å². The SMILES string of the molecule is CC[NH+](CC)c1ccc(Nc2nc(C)nc3c2oc2ccccc23)cc1.[Cl-]. The van der Waals surface area contributed by atoms with Gasteiger partial charge in [-0.05, 0) is 45.0 Å². The van der Waals surface area contributed by atoms with Crippen molar-refractivity contribution in [1.82, 2.24) is 9.97 Å². The standard InChI is InChI=1S/C21H22N4O.ClH/c1-4-25(5-2)16-12-10-15(11-13-16)24-21-20-19(22-14(3)23-21)17-8-6-7-9-18(17)26-20;/h6-13H,4-5H2,1-3H3,(H,22,23,24);1H. The van der Waals surface area contributed by atoms with Crippen molar-refractivity contribution in [2.45, 2.75) is 20.8 Å². The molecular weight excluding hydrogens is 360 g/mol. The third-order valence-corrected chi connectivity index (χ3v) is 4.74. The van der Waals surface area contributed by atoms with Crippen molar-refractivity contribution in [2.75, 3.05) is 18.4 Å². The van der Waals surface area contributed by atoms with E-state index in [0.717, 1.165) is 41.1 Å². The second-order valence-corrected chi connectivity index (χ2v) is 6.41. The number of nitrogens with zero attached hydrogens (tertiary/aromatic N) is 2. The Hall–Kier alpha value is -2.63. The van der Waals surface area contributed by atoms with E-state index in [1.807, 2.05) is 31.2 Å². The van der Waals surface area contributed by atoms with Gasteiger partial charge in [-0.25, -0.2) is 9.97 Å². The first kappa shape index (κ1) is 19.1. The van der Waals surface area contributed by atoms with Crippen LogP contribution < -0.4 is 22.6 Å². The van der Waals surface area contributed by atoms with Gasteiger partial charge in [0, 0.05) is 23.2 Å². The minimum absolute atomic E-state index is 0. The second-order valence-electron chi connectivity index (χ2n) is 6.41. The molecule has 0 unspecified atom stereocenters. The zero-order valence-electron chi connectivity index (χ0n) is 15.7. The summed E-state index contributed by atoms with van der Waals surface area (Å²) >= 11 is 0. The van der Waals surface area contributed by atoms with E-state index in [1.54, 1.807) is 0 Å². The van der Waals surface area contributed by atoms with Crippen LogP contribution in [-0.4, -0.2) is 23.1 Å². The number of furan rings is 1. The van der Waals surface area contributed by atoms with Gasteiger partial charge >= 0.3 is 0 Å². The summed E-state index contributed by atoms with van der Waals surface area (Å²) in [5.41, 5.74) is 4.65. The van der Waals surface area contributed by atoms with Gasteiger partial charge in [-0.1, -0.05) is 12.1 Å². The average Bonchev–Trinajstić information content (AvgIpc) is 3.03. The third-order valence-electron chi connectivity index (χ3n) is 4.74. The summed E-state index contributed by atoms with van der Waals surface area (Å²) in [4.78, 5) is 10.6. The number of halogens is 1. The molecule has 0 saturated heterocycles. The molecule has 0 radical (unpaired) electrons. The summed E-state index contributed by atoms with van der Waals surface area (Å²) in [5.74, 6) is 1.42. The van der Waals surface area contributed by atoms with Gasteiger partial charge in [-0.2, -0.15) is 0 Å². The molecule has 27 heavy (non-hydrogen) atoms. The average molecular weight is 383 g/mol. The topological polar surface area (TPSA) is 55.4 Å². The van der Waals surface area contributed by atoms with E-state index < -0.39 is 0 Å². The Morgan fingerprint density at radius 3 is 2.37 bits per heavy atom. The molecule has 140 valence electrons. The molecule has 0 amide bonds. The normalized spacial score (nSPS) is 11.1. The Morgan fingerprint density at radius 1 is 0.963 bits per heavy atom. The number of quaternary nitrogens is 1. The molecule has 0 bridgehead atoms. The molecule has 2 heterocycles. The summed E-state index contributed by atoms with van der Waals surface area (Å²) in [6.45, 7) is 8.46. The summed E-state index contributed by atoms with van der Waals surface area (Å²) in [6.07, 6.45) is 0. The third kappa shape index (κ3) is 3.61. The molecular formula is C21H23ClN4O. The summed E-state index contributed by atoms with van der Waals surface area (Å²) < 4.78 is 6.02. The summed E-state index contributed by atoms with van der Waals surface area (Å²) in [6, 6.07) is 16.4. The van der Waals surface area contributed by atoms with Gasteiger partial charge in [0.1, 0.15) is 22.6 Å².